The topological polar surface area (TPSA) is 27.8 Å². The van der Waals surface area contributed by atoms with Crippen LogP contribution in [0.1, 0.15) is 24.3 Å². The fourth-order valence-corrected chi connectivity index (χ4v) is 2.58. The molecule has 15 heavy (non-hydrogen) atoms. The summed E-state index contributed by atoms with van der Waals surface area (Å²) in [5.41, 5.74) is 2.76. The Morgan fingerprint density at radius 3 is 3.07 bits per heavy atom. The Labute approximate surface area is 89.7 Å². The zero-order chi connectivity index (χ0) is 10.1. The third-order valence-corrected chi connectivity index (χ3v) is 3.37. The number of aromatic nitrogens is 1. The van der Waals surface area contributed by atoms with Crippen molar-refractivity contribution in [3.8, 4) is 0 Å². The number of H-pyrrole nitrogens is 1. The molecule has 1 atom stereocenters. The second-order valence-electron chi connectivity index (χ2n) is 4.33. The predicted octanol–water partition coefficient (Wildman–Crippen LogP) is 2.63. The van der Waals surface area contributed by atoms with Gasteiger partial charge in [-0.25, -0.2) is 0 Å². The number of benzene rings is 1. The summed E-state index contributed by atoms with van der Waals surface area (Å²) in [6.07, 6.45) is 4.65. The molecule has 0 spiro atoms. The van der Waals surface area contributed by atoms with E-state index >= 15 is 0 Å². The van der Waals surface area contributed by atoms with E-state index in [-0.39, 0.29) is 0 Å². The van der Waals surface area contributed by atoms with Crippen molar-refractivity contribution in [2.75, 3.05) is 13.1 Å². The van der Waals surface area contributed by atoms with Crippen molar-refractivity contribution in [1.29, 1.82) is 0 Å². The summed E-state index contributed by atoms with van der Waals surface area (Å²) in [5, 5.41) is 4.87. The molecule has 78 valence electrons. The molecule has 1 saturated heterocycles. The van der Waals surface area contributed by atoms with Crippen LogP contribution in [-0.2, 0) is 0 Å². The highest BCUT2D eigenvalue weighted by Crippen LogP contribution is 2.29. The maximum atomic E-state index is 3.48. The lowest BCUT2D eigenvalue weighted by molar-refractivity contribution is 0.463. The van der Waals surface area contributed by atoms with E-state index in [0.717, 1.165) is 6.54 Å². The minimum atomic E-state index is 0.693. The average Bonchev–Trinajstić information content (AvgIpc) is 2.78. The molecule has 1 unspecified atom stereocenters. The van der Waals surface area contributed by atoms with Crippen molar-refractivity contribution in [2.45, 2.75) is 18.8 Å². The quantitative estimate of drug-likeness (QED) is 0.727. The standard InChI is InChI=1S/C13H16N2/c1-4-11(10-3-2-7-14-9-10)12-6-8-15-13(12)5-1/h1,4-6,8,10,14-15H,2-3,7,9H2. The molecule has 0 aliphatic carbocycles. The highest BCUT2D eigenvalue weighted by molar-refractivity contribution is 5.83. The number of nitrogens with one attached hydrogen (secondary N) is 2. The van der Waals surface area contributed by atoms with Crippen LogP contribution in [0.3, 0.4) is 0 Å². The minimum Gasteiger partial charge on any atom is -0.361 e. The molecule has 0 bridgehead atoms. The summed E-state index contributed by atoms with van der Waals surface area (Å²) in [4.78, 5) is 3.28. The molecule has 2 nitrogen and oxygen atoms in total. The van der Waals surface area contributed by atoms with Crippen molar-refractivity contribution >= 4 is 10.9 Å². The van der Waals surface area contributed by atoms with Gasteiger partial charge in [-0.1, -0.05) is 12.1 Å². The Morgan fingerprint density at radius 1 is 1.20 bits per heavy atom. The van der Waals surface area contributed by atoms with Crippen LogP contribution in [0, 0.1) is 0 Å². The summed E-state index contributed by atoms with van der Waals surface area (Å²) in [6, 6.07) is 8.77. The zero-order valence-corrected chi connectivity index (χ0v) is 8.79. The third-order valence-electron chi connectivity index (χ3n) is 3.37. The summed E-state index contributed by atoms with van der Waals surface area (Å²) < 4.78 is 0. The summed E-state index contributed by atoms with van der Waals surface area (Å²) >= 11 is 0. The largest absolute Gasteiger partial charge is 0.361 e. The smallest absolute Gasteiger partial charge is 0.0456 e. The van der Waals surface area contributed by atoms with E-state index in [2.05, 4.69) is 34.6 Å². The molecule has 2 heteroatoms. The van der Waals surface area contributed by atoms with Crippen molar-refractivity contribution < 1.29 is 0 Å². The first-order valence-electron chi connectivity index (χ1n) is 5.72. The fraction of sp³-hybridized carbons (Fsp3) is 0.385. The summed E-state index contributed by atoms with van der Waals surface area (Å²) in [6.45, 7) is 2.31. The Balaban J connectivity index is 2.05. The van der Waals surface area contributed by atoms with Gasteiger partial charge in [-0.3, -0.25) is 0 Å². The third kappa shape index (κ3) is 1.55. The highest BCUT2D eigenvalue weighted by Gasteiger charge is 2.16. The first-order valence-corrected chi connectivity index (χ1v) is 5.72. The van der Waals surface area contributed by atoms with Crippen LogP contribution in [0.5, 0.6) is 0 Å². The first-order chi connectivity index (χ1) is 7.45. The molecular formula is C13H16N2. The molecule has 1 fully saturated rings. The summed E-state index contributed by atoms with van der Waals surface area (Å²) in [7, 11) is 0. The van der Waals surface area contributed by atoms with Gasteiger partial charge >= 0.3 is 0 Å². The van der Waals surface area contributed by atoms with E-state index in [1.54, 1.807) is 0 Å². The van der Waals surface area contributed by atoms with Gasteiger partial charge < -0.3 is 10.3 Å². The first kappa shape index (κ1) is 8.98. The molecule has 1 aromatic heterocycles. The van der Waals surface area contributed by atoms with Gasteiger partial charge in [0.2, 0.25) is 0 Å². The second-order valence-corrected chi connectivity index (χ2v) is 4.33. The van der Waals surface area contributed by atoms with Gasteiger partial charge in [0.15, 0.2) is 0 Å². The molecule has 0 radical (unpaired) electrons. The van der Waals surface area contributed by atoms with Crippen LogP contribution in [-0.4, -0.2) is 18.1 Å². The number of hydrogen-bond acceptors (Lipinski definition) is 1. The Kier molecular flexibility index (Phi) is 2.22. The Morgan fingerprint density at radius 2 is 2.20 bits per heavy atom. The number of fused-ring (bicyclic) bond motifs is 1. The van der Waals surface area contributed by atoms with Crippen LogP contribution in [0.4, 0.5) is 0 Å². The van der Waals surface area contributed by atoms with Crippen molar-refractivity contribution in [3.63, 3.8) is 0 Å². The molecule has 2 heterocycles. The SMILES string of the molecule is c1cc(C2CCCNC2)c2cc[nH]c2c1. The van der Waals surface area contributed by atoms with E-state index in [9.17, 15) is 0 Å². The number of aromatic amines is 1. The molecule has 3 rings (SSSR count). The maximum absolute atomic E-state index is 3.48. The lowest BCUT2D eigenvalue weighted by Crippen LogP contribution is -2.28. The maximum Gasteiger partial charge on any atom is 0.0456 e. The van der Waals surface area contributed by atoms with Crippen molar-refractivity contribution in [1.82, 2.24) is 10.3 Å². The van der Waals surface area contributed by atoms with Gasteiger partial charge in [0.05, 0.1) is 0 Å². The molecule has 0 amide bonds. The van der Waals surface area contributed by atoms with E-state index in [0.29, 0.717) is 5.92 Å². The highest BCUT2D eigenvalue weighted by atomic mass is 14.9. The Hall–Kier alpha value is -1.28. The molecule has 1 aliphatic rings. The van der Waals surface area contributed by atoms with E-state index in [1.807, 2.05) is 6.20 Å². The van der Waals surface area contributed by atoms with Gasteiger partial charge in [0, 0.05) is 23.6 Å². The molecule has 2 N–H and O–H groups in total. The zero-order valence-electron chi connectivity index (χ0n) is 8.79. The summed E-state index contributed by atoms with van der Waals surface area (Å²) in [5.74, 6) is 0.693. The second kappa shape index (κ2) is 3.70. The lowest BCUT2D eigenvalue weighted by atomic mass is 9.89. The van der Waals surface area contributed by atoms with Crippen molar-refractivity contribution in [3.05, 3.63) is 36.0 Å². The predicted molar refractivity (Wildman–Crippen MR) is 63.1 cm³/mol. The molecule has 1 aliphatic heterocycles. The fourth-order valence-electron chi connectivity index (χ4n) is 2.58. The monoisotopic (exact) mass is 200 g/mol. The van der Waals surface area contributed by atoms with Gasteiger partial charge in [0.1, 0.15) is 0 Å². The molecule has 2 aromatic rings. The van der Waals surface area contributed by atoms with E-state index in [4.69, 9.17) is 0 Å². The van der Waals surface area contributed by atoms with E-state index < -0.39 is 0 Å². The molecule has 1 aromatic carbocycles. The van der Waals surface area contributed by atoms with Crippen LogP contribution < -0.4 is 5.32 Å². The average molecular weight is 200 g/mol. The minimum absolute atomic E-state index is 0.693. The van der Waals surface area contributed by atoms with Crippen LogP contribution >= 0.6 is 0 Å². The van der Waals surface area contributed by atoms with Gasteiger partial charge in [-0.15, -0.1) is 0 Å². The van der Waals surface area contributed by atoms with Gasteiger partial charge in [-0.05, 0) is 43.0 Å². The van der Waals surface area contributed by atoms with Crippen LogP contribution in [0.25, 0.3) is 10.9 Å². The van der Waals surface area contributed by atoms with E-state index in [1.165, 1.54) is 35.9 Å². The number of rotatable bonds is 1. The van der Waals surface area contributed by atoms with Gasteiger partial charge in [0.25, 0.3) is 0 Å². The molecular weight excluding hydrogens is 184 g/mol. The van der Waals surface area contributed by atoms with Gasteiger partial charge in [-0.2, -0.15) is 0 Å². The normalized spacial score (nSPS) is 22.0. The van der Waals surface area contributed by atoms with Crippen molar-refractivity contribution in [2.24, 2.45) is 0 Å². The molecule has 0 saturated carbocycles. The van der Waals surface area contributed by atoms with Crippen LogP contribution in [0.15, 0.2) is 30.5 Å². The lowest BCUT2D eigenvalue weighted by Gasteiger charge is -2.23. The number of piperidine rings is 1. The number of hydrogen-bond donors (Lipinski definition) is 2. The van der Waals surface area contributed by atoms with Crippen LogP contribution in [0.2, 0.25) is 0 Å². The Bertz CT molecular complexity index is 452.